The van der Waals surface area contributed by atoms with Gasteiger partial charge in [-0.2, -0.15) is 13.2 Å². The lowest BCUT2D eigenvalue weighted by molar-refractivity contribution is -0.672. The van der Waals surface area contributed by atoms with E-state index in [9.17, 15) is 23.1 Å². The molecule has 0 fully saturated rings. The van der Waals surface area contributed by atoms with Gasteiger partial charge >= 0.3 is 11.9 Å². The zero-order valence-corrected chi connectivity index (χ0v) is 13.1. The summed E-state index contributed by atoms with van der Waals surface area (Å²) >= 11 is 0. The van der Waals surface area contributed by atoms with Gasteiger partial charge in [0.1, 0.15) is 0 Å². The first-order valence-electron chi connectivity index (χ1n) is 7.40. The predicted molar refractivity (Wildman–Crippen MR) is 82.3 cm³/mol. The topological polar surface area (TPSA) is 70.0 Å². The van der Waals surface area contributed by atoms with Gasteiger partial charge in [-0.05, 0) is 28.5 Å². The lowest BCUT2D eigenvalue weighted by atomic mass is 10.1. The number of hydrogen-bond acceptors (Lipinski definition) is 4. The fourth-order valence-electron chi connectivity index (χ4n) is 2.23. The Labute approximate surface area is 145 Å². The number of benzene rings is 2. The normalized spacial score (nSPS) is 11.8. The number of ketones is 1. The van der Waals surface area contributed by atoms with Gasteiger partial charge in [-0.25, -0.2) is 0 Å². The van der Waals surface area contributed by atoms with Gasteiger partial charge in [0.15, 0.2) is 5.95 Å². The minimum Gasteiger partial charge on any atom is -0.539 e. The number of para-hydroxylation sites is 1. The molecule has 3 aromatic rings. The maximum Gasteiger partial charge on any atom is 0.416 e. The van der Waals surface area contributed by atoms with E-state index in [1.165, 1.54) is 18.2 Å². The first kappa shape index (κ1) is 17.4. The third-order valence-electron chi connectivity index (χ3n) is 3.51. The molecule has 0 atom stereocenters. The van der Waals surface area contributed by atoms with Crippen molar-refractivity contribution in [2.24, 2.45) is 0 Å². The molecule has 0 saturated carbocycles. The second kappa shape index (κ2) is 6.83. The maximum absolute atomic E-state index is 12.5. The highest BCUT2D eigenvalue weighted by molar-refractivity contribution is 6.05. The molecule has 0 unspecified atom stereocenters. The van der Waals surface area contributed by atoms with Gasteiger partial charge in [0.05, 0.1) is 10.8 Å². The number of hydrogen-bond donors (Lipinski definition) is 0. The van der Waals surface area contributed by atoms with Crippen LogP contribution in [0.2, 0.25) is 0 Å². The summed E-state index contributed by atoms with van der Waals surface area (Å²) in [6, 6.07) is 12.7. The van der Waals surface area contributed by atoms with Crippen molar-refractivity contribution in [2.75, 3.05) is 0 Å². The van der Waals surface area contributed by atoms with Gasteiger partial charge in [0.25, 0.3) is 5.78 Å². The lowest BCUT2D eigenvalue weighted by Gasteiger charge is -2.05. The average Bonchev–Trinajstić information content (AvgIpc) is 3.02. The smallest absolute Gasteiger partial charge is 0.416 e. The number of rotatable bonds is 4. The van der Waals surface area contributed by atoms with Crippen molar-refractivity contribution in [2.45, 2.75) is 6.18 Å². The minimum absolute atomic E-state index is 0.306. The summed E-state index contributed by atoms with van der Waals surface area (Å²) in [5, 5.41) is 15.3. The zero-order valence-electron chi connectivity index (χ0n) is 13.1. The van der Waals surface area contributed by atoms with Gasteiger partial charge in [-0.1, -0.05) is 36.4 Å². The molecule has 2 aromatic carbocycles. The molecule has 5 nitrogen and oxygen atoms in total. The van der Waals surface area contributed by atoms with Crippen LogP contribution in [0.4, 0.5) is 13.2 Å². The maximum atomic E-state index is 12.5. The number of allylic oxidation sites excluding steroid dienone is 1. The first-order chi connectivity index (χ1) is 12.4. The molecule has 0 aliphatic carbocycles. The van der Waals surface area contributed by atoms with E-state index in [-0.39, 0.29) is 5.69 Å². The number of carbonyl (C=O) groups excluding carboxylic acids is 1. The quantitative estimate of drug-likeness (QED) is 0.408. The predicted octanol–water partition coefficient (Wildman–Crippen LogP) is 2.94. The monoisotopic (exact) mass is 360 g/mol. The summed E-state index contributed by atoms with van der Waals surface area (Å²) in [5.41, 5.74) is -0.255. The Kier molecular flexibility index (Phi) is 4.57. The van der Waals surface area contributed by atoms with Crippen LogP contribution >= 0.6 is 0 Å². The molecule has 0 N–H and O–H groups in total. The summed E-state index contributed by atoms with van der Waals surface area (Å²) in [5.74, 6) is -1.59. The van der Waals surface area contributed by atoms with E-state index in [1.54, 1.807) is 30.3 Å². The van der Waals surface area contributed by atoms with Crippen LogP contribution in [-0.4, -0.2) is 11.1 Å². The van der Waals surface area contributed by atoms with E-state index in [2.05, 4.69) is 9.79 Å². The Balaban J connectivity index is 1.85. The molecule has 26 heavy (non-hydrogen) atoms. The van der Waals surface area contributed by atoms with Crippen LogP contribution in [0.5, 0.6) is 5.95 Å². The molecule has 0 aliphatic heterocycles. The van der Waals surface area contributed by atoms with E-state index in [0.29, 0.717) is 11.3 Å². The van der Waals surface area contributed by atoms with E-state index in [0.717, 1.165) is 22.9 Å². The summed E-state index contributed by atoms with van der Waals surface area (Å²) in [6.45, 7) is 0. The molecular formula is C18H11F3N2O3. The Morgan fingerprint density at radius 2 is 1.73 bits per heavy atom. The lowest BCUT2D eigenvalue weighted by Crippen LogP contribution is -2.38. The standard InChI is InChI=1S/C18H11F3N2O3/c19-18(20,21)13-9-6-12(7-10-13)8-11-15(24)16-17(25)26-22-23(16)14-4-2-1-3-5-14/h1-11H/b11-8+. The Hall–Kier alpha value is -3.42. The highest BCUT2D eigenvalue weighted by Crippen LogP contribution is 2.29. The van der Waals surface area contributed by atoms with Gasteiger partial charge in [0.2, 0.25) is 5.69 Å². The molecule has 1 aromatic heterocycles. The van der Waals surface area contributed by atoms with E-state index in [4.69, 9.17) is 0 Å². The van der Waals surface area contributed by atoms with Gasteiger partial charge in [-0.3, -0.25) is 4.79 Å². The third kappa shape index (κ3) is 3.64. The molecule has 3 rings (SSSR count). The van der Waals surface area contributed by atoms with Crippen LogP contribution in [0.25, 0.3) is 11.8 Å². The number of alkyl halides is 3. The van der Waals surface area contributed by atoms with E-state index < -0.39 is 23.5 Å². The van der Waals surface area contributed by atoms with Gasteiger partial charge < -0.3 is 9.63 Å². The largest absolute Gasteiger partial charge is 0.539 e. The third-order valence-corrected chi connectivity index (χ3v) is 3.51. The summed E-state index contributed by atoms with van der Waals surface area (Å²) in [4.78, 5) is 12.3. The van der Waals surface area contributed by atoms with Crippen LogP contribution in [0, 0.1) is 0 Å². The minimum atomic E-state index is -4.43. The highest BCUT2D eigenvalue weighted by Gasteiger charge is 2.30. The molecule has 8 heteroatoms. The first-order valence-corrected chi connectivity index (χ1v) is 7.40. The van der Waals surface area contributed by atoms with Gasteiger partial charge in [-0.15, -0.1) is 0 Å². The van der Waals surface area contributed by atoms with E-state index in [1.807, 2.05) is 0 Å². The average molecular weight is 360 g/mol. The number of nitrogens with zero attached hydrogens (tertiary/aromatic N) is 2. The molecule has 0 spiro atoms. The SMILES string of the molecule is O=C(/C=C/c1ccc(C(F)(F)F)cc1)c1c([O-])on[n+]1-c1ccccc1. The molecular weight excluding hydrogens is 349 g/mol. The molecule has 0 saturated heterocycles. The van der Waals surface area contributed by atoms with Crippen molar-refractivity contribution in [3.8, 4) is 11.6 Å². The second-order valence-corrected chi connectivity index (χ2v) is 5.27. The van der Waals surface area contributed by atoms with Crippen LogP contribution in [0.15, 0.2) is 65.2 Å². The summed E-state index contributed by atoms with van der Waals surface area (Å²) < 4.78 is 43.3. The van der Waals surface area contributed by atoms with Crippen molar-refractivity contribution < 1.29 is 32.3 Å². The molecule has 0 bridgehead atoms. The Bertz CT molecular complexity index is 946. The fraction of sp³-hybridized carbons (Fsp3) is 0.0556. The van der Waals surface area contributed by atoms with Crippen LogP contribution in [-0.2, 0) is 6.18 Å². The number of aromatic nitrogens is 2. The van der Waals surface area contributed by atoms with Crippen molar-refractivity contribution >= 4 is 11.9 Å². The van der Waals surface area contributed by atoms with Crippen molar-refractivity contribution in [3.63, 3.8) is 0 Å². The van der Waals surface area contributed by atoms with Crippen molar-refractivity contribution in [3.05, 3.63) is 77.5 Å². The molecule has 1 heterocycles. The summed E-state index contributed by atoms with van der Waals surface area (Å²) in [7, 11) is 0. The number of halogens is 3. The molecule has 0 radical (unpaired) electrons. The van der Waals surface area contributed by atoms with Gasteiger partial charge in [0, 0.05) is 12.1 Å². The second-order valence-electron chi connectivity index (χ2n) is 5.27. The number of carbonyl (C=O) groups is 1. The molecule has 0 aliphatic rings. The van der Waals surface area contributed by atoms with E-state index >= 15 is 0 Å². The van der Waals surface area contributed by atoms with Crippen LogP contribution in [0.1, 0.15) is 21.6 Å². The molecule has 132 valence electrons. The van der Waals surface area contributed by atoms with Crippen LogP contribution < -0.4 is 9.79 Å². The van der Waals surface area contributed by atoms with Crippen LogP contribution in [0.3, 0.4) is 0 Å². The highest BCUT2D eigenvalue weighted by atomic mass is 19.4. The van der Waals surface area contributed by atoms with Crippen molar-refractivity contribution in [1.29, 1.82) is 0 Å². The molecule has 0 amide bonds. The Morgan fingerprint density at radius 1 is 1.08 bits per heavy atom. The van der Waals surface area contributed by atoms with Crippen molar-refractivity contribution in [1.82, 2.24) is 5.27 Å². The Morgan fingerprint density at radius 3 is 2.35 bits per heavy atom. The summed E-state index contributed by atoms with van der Waals surface area (Å²) in [6.07, 6.45) is -2.04. The zero-order chi connectivity index (χ0) is 18.7. The fourth-order valence-corrected chi connectivity index (χ4v) is 2.23.